The molecule has 1 aliphatic heterocycles. The van der Waals surface area contributed by atoms with Crippen LogP contribution in [0.4, 0.5) is 0 Å². The minimum Gasteiger partial charge on any atom is -0.462 e. The van der Waals surface area contributed by atoms with Crippen LogP contribution in [0, 0.1) is 0 Å². The van der Waals surface area contributed by atoms with E-state index in [1.807, 2.05) is 0 Å². The van der Waals surface area contributed by atoms with E-state index < -0.39 is 5.79 Å². The monoisotopic (exact) mass is 1290 g/mol. The number of hydrogen-bond donors (Lipinski definition) is 0. The van der Waals surface area contributed by atoms with Crippen LogP contribution in [-0.2, 0) is 19.0 Å². The lowest BCUT2D eigenvalue weighted by Gasteiger charge is -2.29. The number of ether oxygens (including phenoxy) is 3. The summed E-state index contributed by atoms with van der Waals surface area (Å²) in [5, 5.41) is 0. The van der Waals surface area contributed by atoms with Gasteiger partial charge in [0.1, 0.15) is 6.10 Å². The van der Waals surface area contributed by atoms with E-state index in [0.29, 0.717) is 6.42 Å². The zero-order chi connectivity index (χ0) is 67.0. The molecule has 0 aromatic heterocycles. The van der Waals surface area contributed by atoms with Crippen LogP contribution < -0.4 is 0 Å². The molecule has 0 amide bonds. The average molecular weight is 1290 g/mol. The number of rotatable bonds is 68. The van der Waals surface area contributed by atoms with Gasteiger partial charge in [-0.2, -0.15) is 0 Å². The van der Waals surface area contributed by atoms with Gasteiger partial charge in [0.2, 0.25) is 0 Å². The summed E-state index contributed by atoms with van der Waals surface area (Å²) < 4.78 is 19.9. The number of carbonyl (C=O) groups excluding carboxylic acids is 1. The van der Waals surface area contributed by atoms with Crippen molar-refractivity contribution in [3.63, 3.8) is 0 Å². The van der Waals surface area contributed by atoms with Crippen LogP contribution >= 0.6 is 0 Å². The normalized spacial score (nSPS) is 16.5. The third-order valence-corrected chi connectivity index (χ3v) is 17.8. The summed E-state index contributed by atoms with van der Waals surface area (Å²) in [5.41, 5.74) is 0. The van der Waals surface area contributed by atoms with Gasteiger partial charge in [0.15, 0.2) is 5.79 Å². The second-order valence-electron chi connectivity index (χ2n) is 26.9. The SMILES string of the molecule is CCC=CCC=CCC=CCCCCCCCCC1(CCCCCCCCC=CCC=CCC=CCC)OCC(CCN(C)CCN(C)CCCCC(=O)OC(CCCCCC=CCC=CCC=CCCCCC)CCCCCC=CCC=CCC=CCCCCC)O1. The summed E-state index contributed by atoms with van der Waals surface area (Å²) in [7, 11) is 4.49. The fourth-order valence-corrected chi connectivity index (χ4v) is 11.8. The molecule has 532 valence electrons. The first kappa shape index (κ1) is 87.2. The largest absolute Gasteiger partial charge is 0.462 e. The predicted octanol–water partition coefficient (Wildman–Crippen LogP) is 26.4. The number of carbonyl (C=O) groups is 1. The molecule has 0 aliphatic carbocycles. The summed E-state index contributed by atoms with van der Waals surface area (Å²) in [5.74, 6) is -0.411. The Morgan fingerprint density at radius 3 is 1.08 bits per heavy atom. The molecule has 0 aromatic carbocycles. The summed E-state index contributed by atoms with van der Waals surface area (Å²) >= 11 is 0. The van der Waals surface area contributed by atoms with Crippen LogP contribution in [0.25, 0.3) is 0 Å². The Hall–Kier alpha value is -3.81. The van der Waals surface area contributed by atoms with Gasteiger partial charge in [0.05, 0.1) is 12.7 Å². The van der Waals surface area contributed by atoms with Gasteiger partial charge < -0.3 is 24.0 Å². The number of hydrogen-bond acceptors (Lipinski definition) is 6. The predicted molar refractivity (Wildman–Crippen MR) is 412 cm³/mol. The molecule has 6 nitrogen and oxygen atoms in total. The van der Waals surface area contributed by atoms with Crippen molar-refractivity contribution in [3.8, 4) is 0 Å². The minimum absolute atomic E-state index is 0.00368. The van der Waals surface area contributed by atoms with Crippen LogP contribution in [0.5, 0.6) is 0 Å². The summed E-state index contributed by atoms with van der Waals surface area (Å²) in [6.45, 7) is 13.7. The van der Waals surface area contributed by atoms with Crippen molar-refractivity contribution in [2.75, 3.05) is 46.9 Å². The highest BCUT2D eigenvalue weighted by Gasteiger charge is 2.40. The fraction of sp³-hybridized carbons (Fsp3) is 0.713. The number of unbranched alkanes of at least 4 members (excludes halogenated alkanes) is 25. The van der Waals surface area contributed by atoms with Gasteiger partial charge >= 0.3 is 5.97 Å². The molecule has 0 N–H and O–H groups in total. The minimum atomic E-state index is -0.408. The van der Waals surface area contributed by atoms with Gasteiger partial charge in [-0.3, -0.25) is 4.79 Å². The van der Waals surface area contributed by atoms with Crippen LogP contribution in [-0.4, -0.2) is 80.6 Å². The van der Waals surface area contributed by atoms with E-state index >= 15 is 0 Å². The molecule has 0 radical (unpaired) electrons. The molecule has 1 fully saturated rings. The third kappa shape index (κ3) is 62.7. The van der Waals surface area contributed by atoms with Crippen LogP contribution in [0.1, 0.15) is 336 Å². The highest BCUT2D eigenvalue weighted by atomic mass is 16.7. The second kappa shape index (κ2) is 71.0. The highest BCUT2D eigenvalue weighted by molar-refractivity contribution is 5.69. The maximum absolute atomic E-state index is 13.3. The van der Waals surface area contributed by atoms with Crippen molar-refractivity contribution in [2.24, 2.45) is 0 Å². The molecule has 1 aliphatic rings. The van der Waals surface area contributed by atoms with Gasteiger partial charge in [-0.25, -0.2) is 0 Å². The number of nitrogens with zero attached hydrogens (tertiary/aromatic N) is 2. The van der Waals surface area contributed by atoms with Crippen molar-refractivity contribution in [3.05, 3.63) is 146 Å². The average Bonchev–Trinajstić information content (AvgIpc) is 1.75. The molecule has 1 atom stereocenters. The molecule has 1 rings (SSSR count). The van der Waals surface area contributed by atoms with Crippen molar-refractivity contribution < 1.29 is 19.0 Å². The Kier molecular flexibility index (Phi) is 66.6. The van der Waals surface area contributed by atoms with Gasteiger partial charge in [-0.1, -0.05) is 263 Å². The maximum Gasteiger partial charge on any atom is 0.306 e. The summed E-state index contributed by atoms with van der Waals surface area (Å²) in [6, 6.07) is 0. The molecule has 6 heteroatoms. The Morgan fingerprint density at radius 1 is 0.376 bits per heavy atom. The first-order chi connectivity index (χ1) is 45.9. The zero-order valence-electron chi connectivity index (χ0n) is 62.0. The number of esters is 1. The third-order valence-electron chi connectivity index (χ3n) is 17.8. The van der Waals surface area contributed by atoms with Crippen molar-refractivity contribution >= 4 is 5.97 Å². The molecule has 0 bridgehead atoms. The number of likely N-dealkylation sites (N-methyl/N-ethyl adjacent to an activating group) is 2. The second-order valence-corrected chi connectivity index (χ2v) is 26.9. The van der Waals surface area contributed by atoms with Gasteiger partial charge in [-0.15, -0.1) is 0 Å². The first-order valence-corrected chi connectivity index (χ1v) is 39.6. The molecule has 0 saturated carbocycles. The Bertz CT molecular complexity index is 1870. The Labute approximate surface area is 578 Å². The van der Waals surface area contributed by atoms with Crippen LogP contribution in [0.3, 0.4) is 0 Å². The number of allylic oxidation sites excluding steroid dienone is 24. The summed E-state index contributed by atoms with van der Waals surface area (Å²) in [4.78, 5) is 18.2. The molecule has 93 heavy (non-hydrogen) atoms. The maximum atomic E-state index is 13.3. The molecule has 0 spiro atoms. The van der Waals surface area contributed by atoms with E-state index in [-0.39, 0.29) is 18.2 Å². The van der Waals surface area contributed by atoms with Gasteiger partial charge in [-0.05, 0) is 220 Å². The Balaban J connectivity index is 2.56. The Morgan fingerprint density at radius 2 is 0.699 bits per heavy atom. The smallest absolute Gasteiger partial charge is 0.306 e. The zero-order valence-corrected chi connectivity index (χ0v) is 62.0. The topological polar surface area (TPSA) is 51.2 Å². The van der Waals surface area contributed by atoms with Gasteiger partial charge in [0, 0.05) is 38.9 Å². The van der Waals surface area contributed by atoms with E-state index in [9.17, 15) is 4.79 Å². The molecule has 0 aromatic rings. The molecular formula is C87H150N2O4. The molecule has 1 heterocycles. The molecule has 1 unspecified atom stereocenters. The molecular weight excluding hydrogens is 1140 g/mol. The van der Waals surface area contributed by atoms with Crippen molar-refractivity contribution in [1.29, 1.82) is 0 Å². The van der Waals surface area contributed by atoms with E-state index in [4.69, 9.17) is 14.2 Å². The van der Waals surface area contributed by atoms with Crippen molar-refractivity contribution in [1.82, 2.24) is 9.80 Å². The van der Waals surface area contributed by atoms with E-state index in [1.54, 1.807) is 0 Å². The first-order valence-electron chi connectivity index (χ1n) is 39.6. The van der Waals surface area contributed by atoms with Crippen molar-refractivity contribution in [2.45, 2.75) is 354 Å². The quantitative estimate of drug-likeness (QED) is 0.0344. The summed E-state index contributed by atoms with van der Waals surface area (Å²) in [6.07, 6.45) is 111. The van der Waals surface area contributed by atoms with E-state index in [2.05, 4.69) is 197 Å². The van der Waals surface area contributed by atoms with Gasteiger partial charge in [0.25, 0.3) is 0 Å². The highest BCUT2D eigenvalue weighted by Crippen LogP contribution is 2.36. The van der Waals surface area contributed by atoms with E-state index in [0.717, 1.165) is 168 Å². The van der Waals surface area contributed by atoms with Crippen LogP contribution in [0.15, 0.2) is 146 Å². The van der Waals surface area contributed by atoms with Crippen LogP contribution in [0.2, 0.25) is 0 Å². The lowest BCUT2D eigenvalue weighted by atomic mass is 9.98. The van der Waals surface area contributed by atoms with E-state index in [1.165, 1.54) is 167 Å². The molecule has 1 saturated heterocycles. The fourth-order valence-electron chi connectivity index (χ4n) is 11.8. The lowest BCUT2D eigenvalue weighted by molar-refractivity contribution is -0.180. The lowest BCUT2D eigenvalue weighted by Crippen LogP contribution is -2.34. The standard InChI is InChI=1S/C87H150N2O4/c1-7-11-15-19-23-27-31-35-39-43-47-51-55-59-63-67-73-84(74-68-64-60-56-52-48-44-40-36-32-28-24-20-16-12-8-2)92-86(90)75-69-72-79-88(5)81-82-89(6)80-76-85-83-91-87(93-85,77-70-65-61-57-53-49-45-41-37-33-29-25-21-17-13-9-3)78-71-66-62-58-54-50-46-42-38-34-30-26-22-18-14-10-4/h13-14,17-18,23-30,35-42,47-48,51-52,84-85H,7-12,15-16,19-22,31-34,43-46,49-50,53-83H2,1-6H3.